The largest absolute Gasteiger partial charge is 0.344 e. The highest BCUT2D eigenvalue weighted by Gasteiger charge is 2.29. The van der Waals surface area contributed by atoms with Crippen LogP contribution in [0.15, 0.2) is 34.3 Å². The van der Waals surface area contributed by atoms with E-state index in [0.717, 1.165) is 11.8 Å². The highest BCUT2D eigenvalue weighted by Crippen LogP contribution is 2.28. The van der Waals surface area contributed by atoms with Gasteiger partial charge < -0.3 is 4.90 Å². The summed E-state index contributed by atoms with van der Waals surface area (Å²) in [5.74, 6) is -1.10. The minimum atomic E-state index is -4.28. The monoisotopic (exact) mass is 373 g/mol. The van der Waals surface area contributed by atoms with Gasteiger partial charge in [0.15, 0.2) is 5.82 Å². The number of nitrogens with zero attached hydrogens (tertiary/aromatic N) is 3. The van der Waals surface area contributed by atoms with Gasteiger partial charge in [-0.25, -0.2) is 17.6 Å². The van der Waals surface area contributed by atoms with Crippen molar-refractivity contribution in [2.75, 3.05) is 13.1 Å². The van der Waals surface area contributed by atoms with E-state index in [9.17, 15) is 17.6 Å². The predicted molar refractivity (Wildman–Crippen MR) is 87.5 cm³/mol. The van der Waals surface area contributed by atoms with Crippen LogP contribution in [-0.4, -0.2) is 42.2 Å². The molecule has 0 aliphatic heterocycles. The molecule has 1 aromatic heterocycles. The number of carbonyl (C=O) groups excluding carboxylic acids is 1. The smallest absolute Gasteiger partial charge is 0.323 e. The predicted octanol–water partition coefficient (Wildman–Crippen LogP) is 3.13. The number of hydrogen-bond donors (Lipinski definition) is 0. The van der Waals surface area contributed by atoms with Crippen LogP contribution in [0.1, 0.15) is 19.4 Å². The van der Waals surface area contributed by atoms with E-state index < -0.39 is 26.7 Å². The van der Waals surface area contributed by atoms with E-state index in [1.807, 2.05) is 0 Å². The fraction of sp³-hybridized carbons (Fsp3) is 0.333. The van der Waals surface area contributed by atoms with Crippen molar-refractivity contribution in [2.45, 2.75) is 30.7 Å². The Morgan fingerprint density at radius 1 is 1.33 bits per heavy atom. The molecule has 24 heavy (non-hydrogen) atoms. The molecule has 1 amide bonds. The lowest BCUT2D eigenvalue weighted by molar-refractivity contribution is 0.201. The van der Waals surface area contributed by atoms with Gasteiger partial charge in [0, 0.05) is 13.1 Å². The van der Waals surface area contributed by atoms with Crippen LogP contribution in [0.5, 0.6) is 0 Å². The first-order chi connectivity index (χ1) is 11.2. The third-order valence-electron chi connectivity index (χ3n) is 3.50. The van der Waals surface area contributed by atoms with Gasteiger partial charge in [0.1, 0.15) is 0 Å². The van der Waals surface area contributed by atoms with Gasteiger partial charge in [-0.05, 0) is 38.5 Å². The molecular formula is C15H17ClFN3O3S. The standard InChI is InChI=1S/C15H17ClFN3O3S/c1-4-19(5-2)15(21)20-9-12(17)14(18-20)24(22,23)13-7-6-10(3)8-11(13)16/h6-9H,4-5H2,1-3H3. The molecule has 130 valence electrons. The van der Waals surface area contributed by atoms with Crippen LogP contribution in [0.25, 0.3) is 0 Å². The van der Waals surface area contributed by atoms with Crippen LogP contribution in [0, 0.1) is 12.7 Å². The molecule has 6 nitrogen and oxygen atoms in total. The van der Waals surface area contributed by atoms with Gasteiger partial charge in [-0.3, -0.25) is 0 Å². The Morgan fingerprint density at radius 2 is 1.96 bits per heavy atom. The Hall–Kier alpha value is -1.93. The lowest BCUT2D eigenvalue weighted by Crippen LogP contribution is -2.34. The van der Waals surface area contributed by atoms with E-state index >= 15 is 0 Å². The molecule has 1 heterocycles. The van der Waals surface area contributed by atoms with Crippen molar-refractivity contribution in [3.05, 3.63) is 40.8 Å². The van der Waals surface area contributed by atoms with Gasteiger partial charge in [-0.1, -0.05) is 17.7 Å². The van der Waals surface area contributed by atoms with Crippen molar-refractivity contribution in [3.8, 4) is 0 Å². The quantitative estimate of drug-likeness (QED) is 0.825. The third kappa shape index (κ3) is 3.29. The number of amides is 1. The Bertz CT molecular complexity index is 876. The van der Waals surface area contributed by atoms with Crippen LogP contribution >= 0.6 is 11.6 Å². The second-order valence-electron chi connectivity index (χ2n) is 5.12. The molecule has 1 aromatic carbocycles. The molecule has 0 unspecified atom stereocenters. The minimum absolute atomic E-state index is 0.0287. The average molecular weight is 374 g/mol. The zero-order valence-corrected chi connectivity index (χ0v) is 15.0. The lowest BCUT2D eigenvalue weighted by atomic mass is 10.2. The number of carbonyl (C=O) groups is 1. The van der Waals surface area contributed by atoms with Gasteiger partial charge in [0.25, 0.3) is 0 Å². The van der Waals surface area contributed by atoms with Gasteiger partial charge in [-0.2, -0.15) is 4.68 Å². The van der Waals surface area contributed by atoms with Crippen molar-refractivity contribution in [1.29, 1.82) is 0 Å². The van der Waals surface area contributed by atoms with Gasteiger partial charge in [0.2, 0.25) is 14.9 Å². The lowest BCUT2D eigenvalue weighted by Gasteiger charge is -2.17. The summed E-state index contributed by atoms with van der Waals surface area (Å²) in [6.45, 7) is 6.04. The maximum absolute atomic E-state index is 14.2. The third-order valence-corrected chi connectivity index (χ3v) is 5.65. The Balaban J connectivity index is 2.51. The normalized spacial score (nSPS) is 11.5. The summed E-state index contributed by atoms with van der Waals surface area (Å²) in [7, 11) is -4.28. The molecule has 0 aliphatic rings. The zero-order chi connectivity index (χ0) is 18.1. The topological polar surface area (TPSA) is 72.3 Å². The van der Waals surface area contributed by atoms with Crippen LogP contribution < -0.4 is 0 Å². The summed E-state index contributed by atoms with van der Waals surface area (Å²) >= 11 is 5.97. The summed E-state index contributed by atoms with van der Waals surface area (Å²) < 4.78 is 40.1. The fourth-order valence-electron chi connectivity index (χ4n) is 2.18. The van der Waals surface area contributed by atoms with Gasteiger partial charge in [-0.15, -0.1) is 5.10 Å². The number of benzene rings is 1. The first kappa shape index (κ1) is 18.4. The van der Waals surface area contributed by atoms with Gasteiger partial charge >= 0.3 is 6.03 Å². The molecular weight excluding hydrogens is 357 g/mol. The molecule has 0 bridgehead atoms. The van der Waals surface area contributed by atoms with Crippen LogP contribution in [0.2, 0.25) is 5.02 Å². The Labute approximate surface area is 144 Å². The average Bonchev–Trinajstić information content (AvgIpc) is 2.90. The molecule has 0 atom stereocenters. The van der Waals surface area contributed by atoms with Gasteiger partial charge in [0.05, 0.1) is 16.1 Å². The molecule has 0 radical (unpaired) electrons. The summed E-state index contributed by atoms with van der Waals surface area (Å²) in [5, 5.41) is 2.79. The number of halogens is 2. The highest BCUT2D eigenvalue weighted by molar-refractivity contribution is 7.91. The molecule has 0 N–H and O–H groups in total. The van der Waals surface area contributed by atoms with Crippen molar-refractivity contribution in [2.24, 2.45) is 0 Å². The number of hydrogen-bond acceptors (Lipinski definition) is 4. The highest BCUT2D eigenvalue weighted by atomic mass is 35.5. The van der Waals surface area contributed by atoms with E-state index in [1.165, 1.54) is 17.0 Å². The molecule has 0 fully saturated rings. The molecule has 9 heteroatoms. The minimum Gasteiger partial charge on any atom is -0.323 e. The Morgan fingerprint density at radius 3 is 2.50 bits per heavy atom. The fourth-order valence-corrected chi connectivity index (χ4v) is 4.00. The van der Waals surface area contributed by atoms with Crippen LogP contribution in [-0.2, 0) is 9.84 Å². The molecule has 0 spiro atoms. The van der Waals surface area contributed by atoms with Crippen LogP contribution in [0.3, 0.4) is 0 Å². The zero-order valence-electron chi connectivity index (χ0n) is 13.5. The van der Waals surface area contributed by atoms with E-state index in [2.05, 4.69) is 5.10 Å². The first-order valence-electron chi connectivity index (χ1n) is 7.28. The molecule has 2 rings (SSSR count). The van der Waals surface area contributed by atoms with Crippen molar-refractivity contribution < 1.29 is 17.6 Å². The van der Waals surface area contributed by atoms with E-state index in [1.54, 1.807) is 26.8 Å². The molecule has 2 aromatic rings. The molecule has 0 saturated carbocycles. The van der Waals surface area contributed by atoms with Crippen molar-refractivity contribution in [1.82, 2.24) is 14.7 Å². The van der Waals surface area contributed by atoms with Crippen molar-refractivity contribution in [3.63, 3.8) is 0 Å². The summed E-state index contributed by atoms with van der Waals surface area (Å²) in [5.41, 5.74) is 0.765. The second-order valence-corrected chi connectivity index (χ2v) is 7.36. The Kier molecular flexibility index (Phi) is 5.29. The summed E-state index contributed by atoms with van der Waals surface area (Å²) in [6.07, 6.45) is 0.760. The molecule has 0 aliphatic carbocycles. The van der Waals surface area contributed by atoms with E-state index in [4.69, 9.17) is 11.6 Å². The maximum atomic E-state index is 14.2. The number of aryl methyl sites for hydroxylation is 1. The number of rotatable bonds is 4. The summed E-state index contributed by atoms with van der Waals surface area (Å²) in [4.78, 5) is 13.3. The van der Waals surface area contributed by atoms with E-state index in [-0.39, 0.29) is 9.92 Å². The summed E-state index contributed by atoms with van der Waals surface area (Å²) in [6, 6.07) is 3.70. The second kappa shape index (κ2) is 6.90. The number of sulfone groups is 1. The van der Waals surface area contributed by atoms with E-state index in [0.29, 0.717) is 17.8 Å². The maximum Gasteiger partial charge on any atom is 0.344 e. The van der Waals surface area contributed by atoms with Crippen LogP contribution in [0.4, 0.5) is 9.18 Å². The number of aromatic nitrogens is 2. The van der Waals surface area contributed by atoms with Crippen molar-refractivity contribution >= 4 is 27.5 Å². The SMILES string of the molecule is CCN(CC)C(=O)n1cc(F)c(S(=O)(=O)c2ccc(C)cc2Cl)n1. The molecule has 0 saturated heterocycles. The first-order valence-corrected chi connectivity index (χ1v) is 9.14.